The predicted octanol–water partition coefficient (Wildman–Crippen LogP) is 0.558. The number of carboxylic acid groups (broad SMARTS) is 1. The van der Waals surface area contributed by atoms with Gasteiger partial charge >= 0.3 is 5.97 Å². The number of nitrogens with one attached hydrogen (secondary N) is 2. The smallest absolute Gasteiger partial charge is 0.327 e. The molecule has 0 aromatic heterocycles. The van der Waals surface area contributed by atoms with Crippen LogP contribution in [0.25, 0.3) is 0 Å². The summed E-state index contributed by atoms with van der Waals surface area (Å²) >= 11 is 0. The number of carbonyl (C=O) groups is 3. The van der Waals surface area contributed by atoms with Crippen molar-refractivity contribution >= 4 is 39.4 Å². The number of aliphatic carboxylic acids is 1. The fourth-order valence-corrected chi connectivity index (χ4v) is 5.49. The zero-order valence-corrected chi connectivity index (χ0v) is 19.3. The van der Waals surface area contributed by atoms with Gasteiger partial charge in [-0.1, -0.05) is 21.6 Å². The van der Waals surface area contributed by atoms with E-state index in [1.807, 2.05) is 0 Å². The quantitative estimate of drug-likeness (QED) is 0.211. The van der Waals surface area contributed by atoms with Gasteiger partial charge < -0.3 is 32.9 Å². The first-order valence-electron chi connectivity index (χ1n) is 10.5. The fourth-order valence-electron chi connectivity index (χ4n) is 3.35. The predicted molar refractivity (Wildman–Crippen MR) is 123 cm³/mol. The lowest BCUT2D eigenvalue weighted by atomic mass is 9.98. The number of nitrogens with two attached hydrogens (primary N) is 3. The van der Waals surface area contributed by atoms with Crippen LogP contribution in [0.15, 0.2) is 0 Å². The maximum absolute atomic E-state index is 12.3. The second kappa shape index (κ2) is 14.9. The van der Waals surface area contributed by atoms with Gasteiger partial charge in [-0.2, -0.15) is 0 Å². The Morgan fingerprint density at radius 3 is 2.13 bits per heavy atom. The third-order valence-corrected chi connectivity index (χ3v) is 7.47. The molecule has 0 heterocycles. The molecule has 5 unspecified atom stereocenters. The molecular weight excluding hydrogens is 426 g/mol. The Morgan fingerprint density at radius 1 is 0.967 bits per heavy atom. The second-order valence-corrected chi connectivity index (χ2v) is 10.6. The highest BCUT2D eigenvalue weighted by Gasteiger charge is 2.20. The third-order valence-electron chi connectivity index (χ3n) is 5.06. The molecule has 30 heavy (non-hydrogen) atoms. The molecule has 1 aliphatic carbocycles. The van der Waals surface area contributed by atoms with Crippen LogP contribution in [-0.2, 0) is 14.4 Å². The SMILES string of the molecule is CC(=O)NC(CSSCCC(=O)NC1CCC(N)CCC(N)CC(N)CC1)C(=O)O. The molecule has 0 aromatic rings. The zero-order chi connectivity index (χ0) is 22.5. The Labute approximate surface area is 186 Å². The van der Waals surface area contributed by atoms with E-state index in [0.29, 0.717) is 12.2 Å². The maximum atomic E-state index is 12.3. The van der Waals surface area contributed by atoms with E-state index in [9.17, 15) is 14.4 Å². The topological polar surface area (TPSA) is 174 Å². The van der Waals surface area contributed by atoms with Gasteiger partial charge in [-0.15, -0.1) is 0 Å². The van der Waals surface area contributed by atoms with Crippen LogP contribution in [0.4, 0.5) is 0 Å². The van der Waals surface area contributed by atoms with E-state index >= 15 is 0 Å². The number of amides is 2. The Balaban J connectivity index is 2.35. The average Bonchev–Trinajstić information content (AvgIpc) is 2.68. The van der Waals surface area contributed by atoms with Crippen LogP contribution in [-0.4, -0.2) is 64.6 Å². The Kier molecular flexibility index (Phi) is 13.4. The van der Waals surface area contributed by atoms with Crippen molar-refractivity contribution in [2.45, 2.75) is 88.5 Å². The average molecular weight is 464 g/mol. The first-order valence-corrected chi connectivity index (χ1v) is 13.0. The molecule has 1 rings (SSSR count). The van der Waals surface area contributed by atoms with E-state index < -0.39 is 12.0 Å². The number of rotatable bonds is 9. The molecule has 174 valence electrons. The van der Waals surface area contributed by atoms with Gasteiger partial charge in [-0.05, 0) is 44.9 Å². The minimum atomic E-state index is -1.07. The minimum Gasteiger partial charge on any atom is -0.480 e. The molecule has 1 saturated carbocycles. The molecule has 0 bridgehead atoms. The first-order chi connectivity index (χ1) is 14.2. The van der Waals surface area contributed by atoms with Crippen molar-refractivity contribution in [2.75, 3.05) is 11.5 Å². The summed E-state index contributed by atoms with van der Waals surface area (Å²) in [4.78, 5) is 34.4. The molecule has 11 heteroatoms. The Bertz CT molecular complexity index is 555. The molecule has 0 aliphatic heterocycles. The van der Waals surface area contributed by atoms with Crippen LogP contribution in [0.1, 0.15) is 58.3 Å². The summed E-state index contributed by atoms with van der Waals surface area (Å²) in [6.45, 7) is 1.28. The number of carbonyl (C=O) groups excluding carboxylic acids is 2. The van der Waals surface area contributed by atoms with Crippen LogP contribution in [0.5, 0.6) is 0 Å². The summed E-state index contributed by atoms with van der Waals surface area (Å²) in [5.74, 6) is -0.681. The summed E-state index contributed by atoms with van der Waals surface area (Å²) in [6, 6.07) is -0.674. The van der Waals surface area contributed by atoms with Gasteiger partial charge in [0.2, 0.25) is 11.8 Å². The van der Waals surface area contributed by atoms with E-state index in [1.165, 1.54) is 28.5 Å². The van der Waals surface area contributed by atoms with E-state index in [2.05, 4.69) is 10.6 Å². The highest BCUT2D eigenvalue weighted by Crippen LogP contribution is 2.23. The van der Waals surface area contributed by atoms with Crippen LogP contribution >= 0.6 is 21.6 Å². The van der Waals surface area contributed by atoms with Gasteiger partial charge in [0.15, 0.2) is 0 Å². The monoisotopic (exact) mass is 463 g/mol. The van der Waals surface area contributed by atoms with Gasteiger partial charge in [0, 0.05) is 49.0 Å². The van der Waals surface area contributed by atoms with E-state index in [4.69, 9.17) is 22.3 Å². The van der Waals surface area contributed by atoms with Crippen LogP contribution in [0.3, 0.4) is 0 Å². The lowest BCUT2D eigenvalue weighted by Gasteiger charge is -2.21. The highest BCUT2D eigenvalue weighted by atomic mass is 33.1. The molecule has 1 aliphatic rings. The summed E-state index contributed by atoms with van der Waals surface area (Å²) in [7, 11) is 2.75. The van der Waals surface area contributed by atoms with E-state index in [-0.39, 0.29) is 41.7 Å². The molecular formula is C19H37N5O4S2. The molecule has 9 nitrogen and oxygen atoms in total. The lowest BCUT2D eigenvalue weighted by molar-refractivity contribution is -0.140. The summed E-state index contributed by atoms with van der Waals surface area (Å²) in [5.41, 5.74) is 18.5. The summed E-state index contributed by atoms with van der Waals surface area (Å²) < 4.78 is 0. The lowest BCUT2D eigenvalue weighted by Crippen LogP contribution is -2.41. The normalized spacial score (nSPS) is 26.8. The van der Waals surface area contributed by atoms with Crippen molar-refractivity contribution in [1.82, 2.24) is 10.6 Å². The van der Waals surface area contributed by atoms with Crippen molar-refractivity contribution in [3.63, 3.8) is 0 Å². The Morgan fingerprint density at radius 2 is 1.53 bits per heavy atom. The van der Waals surface area contributed by atoms with Gasteiger partial charge in [0.05, 0.1) is 0 Å². The van der Waals surface area contributed by atoms with Crippen LogP contribution < -0.4 is 27.8 Å². The van der Waals surface area contributed by atoms with Gasteiger partial charge in [0.25, 0.3) is 0 Å². The van der Waals surface area contributed by atoms with Crippen molar-refractivity contribution in [2.24, 2.45) is 17.2 Å². The molecule has 9 N–H and O–H groups in total. The molecule has 2 amide bonds. The van der Waals surface area contributed by atoms with Gasteiger partial charge in [0.1, 0.15) is 6.04 Å². The first kappa shape index (κ1) is 27.0. The van der Waals surface area contributed by atoms with Gasteiger partial charge in [-0.3, -0.25) is 9.59 Å². The number of carboxylic acids is 1. The van der Waals surface area contributed by atoms with E-state index in [1.54, 1.807) is 0 Å². The van der Waals surface area contributed by atoms with Crippen molar-refractivity contribution < 1.29 is 19.5 Å². The standard InChI is InChI=1S/C19H37N5O4S2/c1-12(25)23-17(19(27)28)11-30-29-9-8-18(26)24-16-6-4-13(20)2-3-14(21)10-15(22)5-7-16/h13-17H,2-11,20-22H2,1H3,(H,23,25)(H,24,26)(H,27,28). The number of hydrogen-bond acceptors (Lipinski definition) is 8. The largest absolute Gasteiger partial charge is 0.480 e. The van der Waals surface area contributed by atoms with Crippen molar-refractivity contribution in [3.8, 4) is 0 Å². The zero-order valence-electron chi connectivity index (χ0n) is 17.7. The highest BCUT2D eigenvalue weighted by molar-refractivity contribution is 8.76. The number of hydrogen-bond donors (Lipinski definition) is 6. The molecule has 0 saturated heterocycles. The van der Waals surface area contributed by atoms with Crippen LogP contribution in [0.2, 0.25) is 0 Å². The second-order valence-electron chi connectivity index (χ2n) is 7.96. The van der Waals surface area contributed by atoms with Crippen molar-refractivity contribution in [3.05, 3.63) is 0 Å². The van der Waals surface area contributed by atoms with Crippen LogP contribution in [0, 0.1) is 0 Å². The fraction of sp³-hybridized carbons (Fsp3) is 0.842. The summed E-state index contributed by atoms with van der Waals surface area (Å²) in [5, 5.41) is 14.6. The molecule has 0 spiro atoms. The molecule has 0 radical (unpaired) electrons. The summed E-state index contributed by atoms with van der Waals surface area (Å²) in [6.07, 6.45) is 6.17. The van der Waals surface area contributed by atoms with Crippen molar-refractivity contribution in [1.29, 1.82) is 0 Å². The third kappa shape index (κ3) is 12.6. The van der Waals surface area contributed by atoms with E-state index in [0.717, 1.165) is 44.9 Å². The minimum absolute atomic E-state index is 0.0292. The van der Waals surface area contributed by atoms with Gasteiger partial charge in [-0.25, -0.2) is 4.79 Å². The maximum Gasteiger partial charge on any atom is 0.327 e. The molecule has 0 aromatic carbocycles. The molecule has 5 atom stereocenters. The molecule has 1 fully saturated rings. The Hall–Kier alpha value is -1.01.